The van der Waals surface area contributed by atoms with Gasteiger partial charge >= 0.3 is 0 Å². The van der Waals surface area contributed by atoms with E-state index in [2.05, 4.69) is 15.6 Å². The summed E-state index contributed by atoms with van der Waals surface area (Å²) in [5.41, 5.74) is 6.24. The van der Waals surface area contributed by atoms with E-state index in [0.29, 0.717) is 30.8 Å². The zero-order valence-corrected chi connectivity index (χ0v) is 10.5. The van der Waals surface area contributed by atoms with Gasteiger partial charge in [0.1, 0.15) is 5.69 Å². The van der Waals surface area contributed by atoms with E-state index >= 15 is 0 Å². The molecule has 1 saturated carbocycles. The highest BCUT2D eigenvalue weighted by atomic mass is 16.6. The number of nitro groups is 1. The quantitative estimate of drug-likeness (QED) is 0.234. The third-order valence-corrected chi connectivity index (χ3v) is 2.74. The van der Waals surface area contributed by atoms with Gasteiger partial charge < -0.3 is 16.4 Å². The van der Waals surface area contributed by atoms with Crippen molar-refractivity contribution >= 4 is 17.3 Å². The normalized spacial score (nSPS) is 15.1. The van der Waals surface area contributed by atoms with Crippen LogP contribution in [0.5, 0.6) is 0 Å². The molecule has 0 aliphatic heterocycles. The maximum atomic E-state index is 10.8. The molecule has 7 heteroatoms. The molecule has 0 saturated heterocycles. The van der Waals surface area contributed by atoms with E-state index in [1.165, 1.54) is 6.07 Å². The number of anilines is 1. The number of hydrogen-bond acceptors (Lipinski definition) is 4. The Morgan fingerprint density at radius 2 is 2.21 bits per heavy atom. The van der Waals surface area contributed by atoms with Crippen LogP contribution in [0.4, 0.5) is 11.4 Å². The largest absolute Gasteiger partial charge is 0.378 e. The lowest BCUT2D eigenvalue weighted by molar-refractivity contribution is -0.384. The molecule has 0 atom stereocenters. The lowest BCUT2D eigenvalue weighted by atomic mass is 10.2. The van der Waals surface area contributed by atoms with Crippen LogP contribution in [0.3, 0.4) is 0 Å². The summed E-state index contributed by atoms with van der Waals surface area (Å²) in [7, 11) is 0. The molecule has 7 nitrogen and oxygen atoms in total. The lowest BCUT2D eigenvalue weighted by Gasteiger charge is -2.06. The predicted molar refractivity (Wildman–Crippen MR) is 74.2 cm³/mol. The highest BCUT2D eigenvalue weighted by molar-refractivity contribution is 5.78. The van der Waals surface area contributed by atoms with Gasteiger partial charge in [-0.05, 0) is 18.9 Å². The van der Waals surface area contributed by atoms with Gasteiger partial charge in [-0.15, -0.1) is 0 Å². The van der Waals surface area contributed by atoms with Crippen molar-refractivity contribution in [3.63, 3.8) is 0 Å². The molecular weight excluding hydrogens is 246 g/mol. The van der Waals surface area contributed by atoms with Crippen molar-refractivity contribution in [2.45, 2.75) is 18.9 Å². The topological polar surface area (TPSA) is 106 Å². The zero-order valence-electron chi connectivity index (χ0n) is 10.5. The highest BCUT2D eigenvalue weighted by Crippen LogP contribution is 2.22. The lowest BCUT2D eigenvalue weighted by Crippen LogP contribution is -2.33. The molecule has 0 aromatic heterocycles. The van der Waals surface area contributed by atoms with Gasteiger partial charge in [-0.1, -0.05) is 12.1 Å². The van der Waals surface area contributed by atoms with Gasteiger partial charge in [0.25, 0.3) is 5.69 Å². The summed E-state index contributed by atoms with van der Waals surface area (Å²) in [6.07, 6.45) is 2.29. The summed E-state index contributed by atoms with van der Waals surface area (Å²) >= 11 is 0. The first-order valence-electron chi connectivity index (χ1n) is 6.20. The van der Waals surface area contributed by atoms with Gasteiger partial charge in [-0.25, -0.2) is 0 Å². The number of aliphatic imine (C=N–C) groups is 1. The molecule has 0 amide bonds. The minimum absolute atomic E-state index is 0.0653. The van der Waals surface area contributed by atoms with Crippen molar-refractivity contribution < 1.29 is 4.92 Å². The fourth-order valence-corrected chi connectivity index (χ4v) is 1.63. The standard InChI is InChI=1S/C12H17N5O2/c13-12(16-9-5-6-9)15-8-7-14-10-3-1-2-4-11(10)17(18)19/h1-4,9,14H,5-8H2,(H3,13,15,16). The van der Waals surface area contributed by atoms with Crippen LogP contribution in [0.25, 0.3) is 0 Å². The van der Waals surface area contributed by atoms with Crippen LogP contribution in [0.15, 0.2) is 29.3 Å². The number of rotatable bonds is 6. The second-order valence-electron chi connectivity index (χ2n) is 4.39. The third-order valence-electron chi connectivity index (χ3n) is 2.74. The SMILES string of the molecule is NC(=NCCNc1ccccc1[N+](=O)[O-])NC1CC1. The molecule has 0 heterocycles. The van der Waals surface area contributed by atoms with Gasteiger partial charge in [-0.2, -0.15) is 0 Å². The Morgan fingerprint density at radius 3 is 2.89 bits per heavy atom. The smallest absolute Gasteiger partial charge is 0.292 e. The van der Waals surface area contributed by atoms with E-state index in [1.54, 1.807) is 18.2 Å². The number of para-hydroxylation sites is 2. The predicted octanol–water partition coefficient (Wildman–Crippen LogP) is 1.07. The first-order chi connectivity index (χ1) is 9.16. The van der Waals surface area contributed by atoms with Gasteiger partial charge in [0, 0.05) is 18.7 Å². The molecule has 1 aromatic carbocycles. The number of benzene rings is 1. The molecule has 1 aromatic rings. The summed E-state index contributed by atoms with van der Waals surface area (Å²) in [6.45, 7) is 0.968. The van der Waals surface area contributed by atoms with Crippen molar-refractivity contribution in [1.29, 1.82) is 0 Å². The minimum Gasteiger partial charge on any atom is -0.378 e. The van der Waals surface area contributed by atoms with E-state index in [9.17, 15) is 10.1 Å². The van der Waals surface area contributed by atoms with Crippen molar-refractivity contribution in [2.75, 3.05) is 18.4 Å². The Hall–Kier alpha value is -2.31. The zero-order chi connectivity index (χ0) is 13.7. The molecule has 1 aliphatic carbocycles. The van der Waals surface area contributed by atoms with Crippen molar-refractivity contribution in [1.82, 2.24) is 5.32 Å². The molecule has 4 N–H and O–H groups in total. The van der Waals surface area contributed by atoms with Gasteiger partial charge in [0.15, 0.2) is 5.96 Å². The summed E-state index contributed by atoms with van der Waals surface area (Å²) in [4.78, 5) is 14.5. The molecule has 2 rings (SSSR count). The summed E-state index contributed by atoms with van der Waals surface area (Å²) in [6, 6.07) is 7.01. The molecule has 102 valence electrons. The first-order valence-corrected chi connectivity index (χ1v) is 6.20. The number of hydrogen-bond donors (Lipinski definition) is 3. The molecule has 1 fully saturated rings. The number of nitro benzene ring substituents is 1. The van der Waals surface area contributed by atoms with Gasteiger partial charge in [0.2, 0.25) is 0 Å². The van der Waals surface area contributed by atoms with E-state index in [1.807, 2.05) is 0 Å². The molecular formula is C12H17N5O2. The molecule has 0 bridgehead atoms. The average Bonchev–Trinajstić information content (AvgIpc) is 3.19. The summed E-state index contributed by atoms with van der Waals surface area (Å²) < 4.78 is 0. The van der Waals surface area contributed by atoms with Crippen LogP contribution < -0.4 is 16.4 Å². The third kappa shape index (κ3) is 4.13. The van der Waals surface area contributed by atoms with Crippen molar-refractivity contribution in [3.8, 4) is 0 Å². The number of nitrogens with one attached hydrogen (secondary N) is 2. The Labute approximate surface area is 111 Å². The molecule has 0 unspecified atom stereocenters. The fourth-order valence-electron chi connectivity index (χ4n) is 1.63. The first kappa shape index (κ1) is 13.1. The van der Waals surface area contributed by atoms with Crippen LogP contribution >= 0.6 is 0 Å². The van der Waals surface area contributed by atoms with Crippen LogP contribution in [-0.2, 0) is 0 Å². The number of nitrogens with two attached hydrogens (primary N) is 1. The fraction of sp³-hybridized carbons (Fsp3) is 0.417. The highest BCUT2D eigenvalue weighted by Gasteiger charge is 2.21. The van der Waals surface area contributed by atoms with Crippen LogP contribution in [0.2, 0.25) is 0 Å². The summed E-state index contributed by atoms with van der Waals surface area (Å²) in [5, 5.41) is 16.9. The van der Waals surface area contributed by atoms with E-state index in [4.69, 9.17) is 5.73 Å². The Morgan fingerprint density at radius 1 is 1.47 bits per heavy atom. The van der Waals surface area contributed by atoms with Gasteiger partial charge in [-0.3, -0.25) is 15.1 Å². The maximum absolute atomic E-state index is 10.8. The van der Waals surface area contributed by atoms with E-state index in [-0.39, 0.29) is 5.69 Å². The second kappa shape index (κ2) is 6.03. The van der Waals surface area contributed by atoms with E-state index in [0.717, 1.165) is 12.8 Å². The van der Waals surface area contributed by atoms with Gasteiger partial charge in [0.05, 0.1) is 11.5 Å². The molecule has 19 heavy (non-hydrogen) atoms. The van der Waals surface area contributed by atoms with E-state index < -0.39 is 4.92 Å². The summed E-state index contributed by atoms with van der Waals surface area (Å²) in [5.74, 6) is 0.437. The minimum atomic E-state index is -0.408. The van der Waals surface area contributed by atoms with Crippen LogP contribution in [0.1, 0.15) is 12.8 Å². The Balaban J connectivity index is 1.80. The number of guanidine groups is 1. The molecule has 0 spiro atoms. The van der Waals surface area contributed by atoms with Crippen molar-refractivity contribution in [3.05, 3.63) is 34.4 Å². The maximum Gasteiger partial charge on any atom is 0.292 e. The monoisotopic (exact) mass is 263 g/mol. The molecule has 1 aliphatic rings. The van der Waals surface area contributed by atoms with Crippen molar-refractivity contribution in [2.24, 2.45) is 10.7 Å². The second-order valence-corrected chi connectivity index (χ2v) is 4.39. The Bertz CT molecular complexity index is 485. The van der Waals surface area contributed by atoms with Crippen LogP contribution in [0, 0.1) is 10.1 Å². The average molecular weight is 263 g/mol. The Kier molecular flexibility index (Phi) is 4.17. The molecule has 0 radical (unpaired) electrons. The van der Waals surface area contributed by atoms with Crippen LogP contribution in [-0.4, -0.2) is 30.0 Å². The number of nitrogens with zero attached hydrogens (tertiary/aromatic N) is 2.